The molecule has 7 nitrogen and oxygen atoms in total. The first-order valence-electron chi connectivity index (χ1n) is 7.44. The summed E-state index contributed by atoms with van der Waals surface area (Å²) in [5, 5.41) is 5.16. The molecule has 1 rings (SSSR count). The molecule has 0 radical (unpaired) electrons. The summed E-state index contributed by atoms with van der Waals surface area (Å²) in [6.45, 7) is 5.80. The molecule has 128 valence electrons. The SMILES string of the molecule is CC(C)(C)OC(=O)N[C@@H](CN)CNC(=O)OCc1ccccc1. The van der Waals surface area contributed by atoms with Gasteiger partial charge >= 0.3 is 12.2 Å². The van der Waals surface area contributed by atoms with E-state index in [0.717, 1.165) is 5.56 Å². The maximum atomic E-state index is 11.7. The van der Waals surface area contributed by atoms with E-state index in [-0.39, 0.29) is 19.7 Å². The van der Waals surface area contributed by atoms with Crippen molar-refractivity contribution in [2.45, 2.75) is 39.0 Å². The molecule has 23 heavy (non-hydrogen) atoms. The van der Waals surface area contributed by atoms with E-state index in [2.05, 4.69) is 10.6 Å². The van der Waals surface area contributed by atoms with Crippen LogP contribution in [-0.2, 0) is 16.1 Å². The van der Waals surface area contributed by atoms with Crippen molar-refractivity contribution in [3.05, 3.63) is 35.9 Å². The number of rotatable bonds is 6. The first kappa shape index (κ1) is 18.8. The van der Waals surface area contributed by atoms with Crippen LogP contribution in [0.2, 0.25) is 0 Å². The number of benzene rings is 1. The molecule has 0 unspecified atom stereocenters. The Morgan fingerprint density at radius 3 is 2.39 bits per heavy atom. The van der Waals surface area contributed by atoms with Gasteiger partial charge in [0.15, 0.2) is 0 Å². The second-order valence-corrected chi connectivity index (χ2v) is 6.02. The van der Waals surface area contributed by atoms with Gasteiger partial charge in [0.25, 0.3) is 0 Å². The van der Waals surface area contributed by atoms with Crippen molar-refractivity contribution in [3.8, 4) is 0 Å². The number of amides is 2. The van der Waals surface area contributed by atoms with Gasteiger partial charge in [0.2, 0.25) is 0 Å². The molecule has 0 aromatic heterocycles. The van der Waals surface area contributed by atoms with Crippen molar-refractivity contribution in [1.82, 2.24) is 10.6 Å². The fraction of sp³-hybridized carbons (Fsp3) is 0.500. The van der Waals surface area contributed by atoms with Gasteiger partial charge in [-0.15, -0.1) is 0 Å². The predicted molar refractivity (Wildman–Crippen MR) is 86.8 cm³/mol. The highest BCUT2D eigenvalue weighted by molar-refractivity contribution is 5.69. The zero-order chi connectivity index (χ0) is 17.3. The second-order valence-electron chi connectivity index (χ2n) is 6.02. The molecule has 0 heterocycles. The average Bonchev–Trinajstić information content (AvgIpc) is 2.48. The molecule has 1 atom stereocenters. The fourth-order valence-electron chi connectivity index (χ4n) is 1.65. The highest BCUT2D eigenvalue weighted by Gasteiger charge is 2.19. The van der Waals surface area contributed by atoms with E-state index in [1.54, 1.807) is 20.8 Å². The van der Waals surface area contributed by atoms with Gasteiger partial charge in [-0.3, -0.25) is 0 Å². The lowest BCUT2D eigenvalue weighted by Gasteiger charge is -2.23. The van der Waals surface area contributed by atoms with Crippen LogP contribution in [0.25, 0.3) is 0 Å². The van der Waals surface area contributed by atoms with Gasteiger partial charge in [0.1, 0.15) is 12.2 Å². The summed E-state index contributed by atoms with van der Waals surface area (Å²) in [6.07, 6.45) is -1.15. The van der Waals surface area contributed by atoms with Gasteiger partial charge in [-0.1, -0.05) is 30.3 Å². The van der Waals surface area contributed by atoms with Crippen molar-refractivity contribution >= 4 is 12.2 Å². The van der Waals surface area contributed by atoms with Crippen LogP contribution < -0.4 is 16.4 Å². The molecular formula is C16H25N3O4. The third kappa shape index (κ3) is 8.67. The maximum Gasteiger partial charge on any atom is 0.407 e. The first-order chi connectivity index (χ1) is 10.8. The van der Waals surface area contributed by atoms with E-state index < -0.39 is 23.8 Å². The number of carbonyl (C=O) groups is 2. The number of alkyl carbamates (subject to hydrolysis) is 2. The smallest absolute Gasteiger partial charge is 0.407 e. The Labute approximate surface area is 136 Å². The van der Waals surface area contributed by atoms with Crippen LogP contribution in [0, 0.1) is 0 Å². The molecule has 4 N–H and O–H groups in total. The van der Waals surface area contributed by atoms with Crippen LogP contribution in [-0.4, -0.2) is 36.9 Å². The number of hydrogen-bond acceptors (Lipinski definition) is 5. The molecule has 7 heteroatoms. The lowest BCUT2D eigenvalue weighted by Crippen LogP contribution is -2.49. The van der Waals surface area contributed by atoms with E-state index in [4.69, 9.17) is 15.2 Å². The number of hydrogen-bond donors (Lipinski definition) is 3. The second kappa shape index (κ2) is 8.99. The van der Waals surface area contributed by atoms with Crippen LogP contribution in [0.15, 0.2) is 30.3 Å². The topological polar surface area (TPSA) is 103 Å². The van der Waals surface area contributed by atoms with Crippen molar-refractivity contribution in [2.75, 3.05) is 13.1 Å². The maximum absolute atomic E-state index is 11.7. The molecule has 1 aromatic rings. The highest BCUT2D eigenvalue weighted by atomic mass is 16.6. The summed E-state index contributed by atoms with van der Waals surface area (Å²) in [7, 11) is 0. The molecule has 0 fully saturated rings. The minimum atomic E-state index is -0.592. The molecule has 1 aromatic carbocycles. The van der Waals surface area contributed by atoms with E-state index in [0.29, 0.717) is 0 Å². The molecule has 0 aliphatic rings. The van der Waals surface area contributed by atoms with Gasteiger partial charge in [0, 0.05) is 13.1 Å². The van der Waals surface area contributed by atoms with Gasteiger partial charge in [-0.25, -0.2) is 9.59 Å². The normalized spacial score (nSPS) is 12.2. The third-order valence-electron chi connectivity index (χ3n) is 2.71. The minimum Gasteiger partial charge on any atom is -0.445 e. The molecule has 2 amide bonds. The Hall–Kier alpha value is -2.28. The van der Waals surface area contributed by atoms with E-state index in [1.165, 1.54) is 0 Å². The summed E-state index contributed by atoms with van der Waals surface area (Å²) in [4.78, 5) is 23.3. The summed E-state index contributed by atoms with van der Waals surface area (Å²) in [6, 6.07) is 8.91. The number of nitrogens with one attached hydrogen (secondary N) is 2. The first-order valence-corrected chi connectivity index (χ1v) is 7.44. The summed E-state index contributed by atoms with van der Waals surface area (Å²) >= 11 is 0. The van der Waals surface area contributed by atoms with Crippen LogP contribution in [0.4, 0.5) is 9.59 Å². The molecule has 0 saturated carbocycles. The number of nitrogens with two attached hydrogens (primary N) is 1. The summed E-state index contributed by atoms with van der Waals surface area (Å²) in [5.74, 6) is 0. The Kier molecular flexibility index (Phi) is 7.34. The number of ether oxygens (including phenoxy) is 2. The monoisotopic (exact) mass is 323 g/mol. The van der Waals surface area contributed by atoms with E-state index >= 15 is 0 Å². The van der Waals surface area contributed by atoms with Gasteiger partial charge < -0.3 is 25.8 Å². The van der Waals surface area contributed by atoms with Crippen LogP contribution in [0.5, 0.6) is 0 Å². The van der Waals surface area contributed by atoms with Crippen LogP contribution in [0.1, 0.15) is 26.3 Å². The molecule has 0 aliphatic heterocycles. The Bertz CT molecular complexity index is 500. The van der Waals surface area contributed by atoms with Crippen molar-refractivity contribution in [3.63, 3.8) is 0 Å². The largest absolute Gasteiger partial charge is 0.445 e. The van der Waals surface area contributed by atoms with E-state index in [9.17, 15) is 9.59 Å². The Morgan fingerprint density at radius 2 is 1.83 bits per heavy atom. The zero-order valence-electron chi connectivity index (χ0n) is 13.8. The number of carbonyl (C=O) groups excluding carboxylic acids is 2. The third-order valence-corrected chi connectivity index (χ3v) is 2.71. The van der Waals surface area contributed by atoms with E-state index in [1.807, 2.05) is 30.3 Å². The van der Waals surface area contributed by atoms with Crippen molar-refractivity contribution in [2.24, 2.45) is 5.73 Å². The lowest BCUT2D eigenvalue weighted by molar-refractivity contribution is 0.0504. The Morgan fingerprint density at radius 1 is 1.17 bits per heavy atom. The standard InChI is InChI=1S/C16H25N3O4/c1-16(2,3)23-15(21)19-13(9-17)10-18-14(20)22-11-12-7-5-4-6-8-12/h4-8,13H,9-11,17H2,1-3H3,(H,18,20)(H,19,21)/t13-/m0/s1. The molecular weight excluding hydrogens is 298 g/mol. The molecule has 0 bridgehead atoms. The van der Waals surface area contributed by atoms with Crippen LogP contribution >= 0.6 is 0 Å². The quantitative estimate of drug-likeness (QED) is 0.740. The molecule has 0 aliphatic carbocycles. The average molecular weight is 323 g/mol. The Balaban J connectivity index is 2.30. The summed E-state index contributed by atoms with van der Waals surface area (Å²) < 4.78 is 10.2. The minimum absolute atomic E-state index is 0.156. The van der Waals surface area contributed by atoms with Gasteiger partial charge in [0.05, 0.1) is 6.04 Å². The lowest BCUT2D eigenvalue weighted by atomic mass is 10.2. The van der Waals surface area contributed by atoms with Crippen LogP contribution in [0.3, 0.4) is 0 Å². The highest BCUT2D eigenvalue weighted by Crippen LogP contribution is 2.06. The van der Waals surface area contributed by atoms with Gasteiger partial charge in [-0.05, 0) is 26.3 Å². The van der Waals surface area contributed by atoms with Crippen molar-refractivity contribution < 1.29 is 19.1 Å². The zero-order valence-corrected chi connectivity index (χ0v) is 13.8. The fourth-order valence-corrected chi connectivity index (χ4v) is 1.65. The molecule has 0 saturated heterocycles. The molecule has 0 spiro atoms. The summed E-state index contributed by atoms with van der Waals surface area (Å²) in [5.41, 5.74) is 5.88. The van der Waals surface area contributed by atoms with Crippen molar-refractivity contribution in [1.29, 1.82) is 0 Å². The predicted octanol–water partition coefficient (Wildman–Crippen LogP) is 1.76. The van der Waals surface area contributed by atoms with Gasteiger partial charge in [-0.2, -0.15) is 0 Å².